The zero-order chi connectivity index (χ0) is 13.1. The number of rotatable bonds is 3. The first-order chi connectivity index (χ1) is 8.54. The first-order valence-corrected chi connectivity index (χ1v) is 6.59. The Morgan fingerprint density at radius 1 is 1.22 bits per heavy atom. The largest absolute Gasteiger partial charge is 0.508 e. The van der Waals surface area contributed by atoms with E-state index >= 15 is 0 Å². The Morgan fingerprint density at radius 2 is 2.00 bits per heavy atom. The van der Waals surface area contributed by atoms with Crippen molar-refractivity contribution in [2.24, 2.45) is 0 Å². The smallest absolute Gasteiger partial charge is 0.123 e. The van der Waals surface area contributed by atoms with Crippen molar-refractivity contribution >= 4 is 27.5 Å². The fraction of sp³-hybridized carbons (Fsp3) is 0.143. The highest BCUT2D eigenvalue weighted by molar-refractivity contribution is 9.10. The molecule has 0 spiro atoms. The van der Waals surface area contributed by atoms with E-state index in [4.69, 9.17) is 16.3 Å². The third-order valence-electron chi connectivity index (χ3n) is 2.45. The number of hydrogen-bond acceptors (Lipinski definition) is 2. The van der Waals surface area contributed by atoms with Crippen molar-refractivity contribution in [2.75, 3.05) is 0 Å². The lowest BCUT2D eigenvalue weighted by Gasteiger charge is -2.09. The standard InChI is InChI=1S/C14H12BrClO2/c1-9-4-12(17)7-13(5-9)18-8-10-2-3-11(15)6-14(10)16/h2-7,17H,8H2,1H3. The van der Waals surface area contributed by atoms with Gasteiger partial charge in [0.05, 0.1) is 0 Å². The van der Waals surface area contributed by atoms with Crippen molar-refractivity contribution in [3.05, 3.63) is 57.0 Å². The minimum Gasteiger partial charge on any atom is -0.508 e. The van der Waals surface area contributed by atoms with Crippen molar-refractivity contribution < 1.29 is 9.84 Å². The molecule has 0 radical (unpaired) electrons. The van der Waals surface area contributed by atoms with Crippen LogP contribution in [0.5, 0.6) is 11.5 Å². The molecule has 0 aliphatic heterocycles. The van der Waals surface area contributed by atoms with Crippen molar-refractivity contribution in [1.82, 2.24) is 0 Å². The Labute approximate surface area is 119 Å². The predicted molar refractivity (Wildman–Crippen MR) is 76.3 cm³/mol. The normalized spacial score (nSPS) is 10.4. The molecule has 0 fully saturated rings. The van der Waals surface area contributed by atoms with Gasteiger partial charge in [0.1, 0.15) is 18.1 Å². The maximum atomic E-state index is 9.47. The Bertz CT molecular complexity index is 549. The summed E-state index contributed by atoms with van der Waals surface area (Å²) in [6.07, 6.45) is 0. The molecule has 1 N–H and O–H groups in total. The minimum atomic E-state index is 0.201. The van der Waals surface area contributed by atoms with E-state index in [1.165, 1.54) is 0 Å². The van der Waals surface area contributed by atoms with E-state index < -0.39 is 0 Å². The number of phenolic OH excluding ortho intramolecular Hbond substituents is 1. The van der Waals surface area contributed by atoms with Crippen molar-refractivity contribution in [1.29, 1.82) is 0 Å². The number of halogens is 2. The molecule has 0 atom stereocenters. The third-order valence-corrected chi connectivity index (χ3v) is 3.29. The molecule has 2 aromatic rings. The Morgan fingerprint density at radius 3 is 2.67 bits per heavy atom. The van der Waals surface area contributed by atoms with E-state index in [9.17, 15) is 5.11 Å². The van der Waals surface area contributed by atoms with Gasteiger partial charge in [0, 0.05) is 21.1 Å². The van der Waals surface area contributed by atoms with Crippen LogP contribution in [0.15, 0.2) is 40.9 Å². The van der Waals surface area contributed by atoms with E-state index in [0.29, 0.717) is 17.4 Å². The van der Waals surface area contributed by atoms with Gasteiger partial charge in [-0.1, -0.05) is 33.6 Å². The summed E-state index contributed by atoms with van der Waals surface area (Å²) in [6.45, 7) is 2.27. The van der Waals surface area contributed by atoms with Crippen LogP contribution in [0.25, 0.3) is 0 Å². The second-order valence-electron chi connectivity index (χ2n) is 4.03. The molecule has 94 valence electrons. The van der Waals surface area contributed by atoms with Crippen LogP contribution in [0.1, 0.15) is 11.1 Å². The molecule has 0 aliphatic carbocycles. The molecule has 0 heterocycles. The lowest BCUT2D eigenvalue weighted by molar-refractivity contribution is 0.304. The first kappa shape index (κ1) is 13.2. The quantitative estimate of drug-likeness (QED) is 0.885. The van der Waals surface area contributed by atoms with Crippen LogP contribution in [0.2, 0.25) is 5.02 Å². The molecule has 0 aliphatic rings. The first-order valence-electron chi connectivity index (χ1n) is 5.42. The van der Waals surface area contributed by atoms with Crippen LogP contribution in [-0.4, -0.2) is 5.11 Å². The number of phenols is 1. The molecule has 0 aromatic heterocycles. The predicted octanol–water partition coefficient (Wildman–Crippen LogP) is 4.70. The molecule has 2 nitrogen and oxygen atoms in total. The number of ether oxygens (including phenoxy) is 1. The van der Waals surface area contributed by atoms with Crippen LogP contribution >= 0.6 is 27.5 Å². The van der Waals surface area contributed by atoms with Gasteiger partial charge < -0.3 is 9.84 Å². The summed E-state index contributed by atoms with van der Waals surface area (Å²) >= 11 is 9.45. The topological polar surface area (TPSA) is 29.5 Å². The van der Waals surface area contributed by atoms with Crippen LogP contribution in [0, 0.1) is 6.92 Å². The fourth-order valence-electron chi connectivity index (χ4n) is 1.61. The lowest BCUT2D eigenvalue weighted by Crippen LogP contribution is -1.96. The Hall–Kier alpha value is -1.19. The summed E-state index contributed by atoms with van der Waals surface area (Å²) < 4.78 is 6.55. The van der Waals surface area contributed by atoms with Gasteiger partial charge in [-0.25, -0.2) is 0 Å². The Balaban J connectivity index is 2.11. The molecule has 2 rings (SSSR count). The van der Waals surface area contributed by atoms with Crippen molar-refractivity contribution in [3.63, 3.8) is 0 Å². The van der Waals surface area contributed by atoms with Crippen molar-refractivity contribution in [3.8, 4) is 11.5 Å². The van der Waals surface area contributed by atoms with Gasteiger partial charge in [-0.05, 0) is 36.8 Å². The van der Waals surface area contributed by atoms with Gasteiger partial charge >= 0.3 is 0 Å². The molecular weight excluding hydrogens is 316 g/mol. The number of aromatic hydroxyl groups is 1. The average molecular weight is 328 g/mol. The zero-order valence-electron chi connectivity index (χ0n) is 9.78. The van der Waals surface area contributed by atoms with Gasteiger partial charge in [-0.2, -0.15) is 0 Å². The summed E-state index contributed by atoms with van der Waals surface area (Å²) in [5, 5.41) is 10.1. The third kappa shape index (κ3) is 3.40. The number of hydrogen-bond donors (Lipinski definition) is 1. The van der Waals surface area contributed by atoms with Crippen LogP contribution in [0.4, 0.5) is 0 Å². The summed E-state index contributed by atoms with van der Waals surface area (Å²) in [5.41, 5.74) is 1.85. The lowest BCUT2D eigenvalue weighted by atomic mass is 10.2. The summed E-state index contributed by atoms with van der Waals surface area (Å²) in [7, 11) is 0. The molecule has 4 heteroatoms. The molecule has 18 heavy (non-hydrogen) atoms. The maximum Gasteiger partial charge on any atom is 0.123 e. The molecule has 0 amide bonds. The molecular formula is C14H12BrClO2. The van der Waals surface area contributed by atoms with E-state index in [2.05, 4.69) is 15.9 Å². The molecule has 0 unspecified atom stereocenters. The zero-order valence-corrected chi connectivity index (χ0v) is 12.1. The minimum absolute atomic E-state index is 0.201. The summed E-state index contributed by atoms with van der Waals surface area (Å²) in [5.74, 6) is 0.832. The summed E-state index contributed by atoms with van der Waals surface area (Å²) in [4.78, 5) is 0. The highest BCUT2D eigenvalue weighted by atomic mass is 79.9. The molecule has 0 bridgehead atoms. The number of aryl methyl sites for hydroxylation is 1. The van der Waals surface area contributed by atoms with Crippen molar-refractivity contribution in [2.45, 2.75) is 13.5 Å². The van der Waals surface area contributed by atoms with E-state index in [1.807, 2.05) is 31.2 Å². The highest BCUT2D eigenvalue weighted by Gasteiger charge is 2.03. The molecule has 2 aromatic carbocycles. The number of benzene rings is 2. The van der Waals surface area contributed by atoms with Gasteiger partial charge in [0.15, 0.2) is 0 Å². The van der Waals surface area contributed by atoms with E-state index in [-0.39, 0.29) is 5.75 Å². The van der Waals surface area contributed by atoms with E-state index in [1.54, 1.807) is 12.1 Å². The van der Waals surface area contributed by atoms with Crippen LogP contribution < -0.4 is 4.74 Å². The van der Waals surface area contributed by atoms with Crippen LogP contribution in [-0.2, 0) is 6.61 Å². The van der Waals surface area contributed by atoms with E-state index in [0.717, 1.165) is 15.6 Å². The van der Waals surface area contributed by atoms with Gasteiger partial charge in [0.2, 0.25) is 0 Å². The molecule has 0 saturated heterocycles. The van der Waals surface area contributed by atoms with Gasteiger partial charge in [-0.3, -0.25) is 0 Å². The highest BCUT2D eigenvalue weighted by Crippen LogP contribution is 2.25. The SMILES string of the molecule is Cc1cc(O)cc(OCc2ccc(Br)cc2Cl)c1. The van der Waals surface area contributed by atoms with Gasteiger partial charge in [0.25, 0.3) is 0 Å². The second kappa shape index (κ2) is 5.63. The van der Waals surface area contributed by atoms with Crippen LogP contribution in [0.3, 0.4) is 0 Å². The molecule has 0 saturated carbocycles. The monoisotopic (exact) mass is 326 g/mol. The average Bonchev–Trinajstić information content (AvgIpc) is 2.26. The summed E-state index contributed by atoms with van der Waals surface area (Å²) in [6, 6.07) is 10.8. The fourth-order valence-corrected chi connectivity index (χ4v) is 2.34. The Kier molecular flexibility index (Phi) is 4.15. The van der Waals surface area contributed by atoms with Gasteiger partial charge in [-0.15, -0.1) is 0 Å². The second-order valence-corrected chi connectivity index (χ2v) is 5.35. The maximum absolute atomic E-state index is 9.47.